The molecule has 3 heterocycles. The zero-order valence-corrected chi connectivity index (χ0v) is 19.8. The number of aryl methyl sites for hydroxylation is 1. The van der Waals surface area contributed by atoms with Crippen molar-refractivity contribution in [1.82, 2.24) is 19.2 Å². The summed E-state index contributed by atoms with van der Waals surface area (Å²) in [5, 5.41) is 4.12. The van der Waals surface area contributed by atoms with Crippen LogP contribution in [0.5, 0.6) is 0 Å². The molecule has 7 nitrogen and oxygen atoms in total. The van der Waals surface area contributed by atoms with Crippen molar-refractivity contribution in [2.24, 2.45) is 0 Å². The molecule has 0 bridgehead atoms. The molecule has 4 aromatic rings. The molecule has 0 aliphatic carbocycles. The molecular formula is C26H27ClN4O3. The van der Waals surface area contributed by atoms with E-state index in [1.54, 1.807) is 28.8 Å². The quantitative estimate of drug-likeness (QED) is 0.456. The summed E-state index contributed by atoms with van der Waals surface area (Å²) >= 11 is 6.12. The maximum absolute atomic E-state index is 13.3. The highest BCUT2D eigenvalue weighted by molar-refractivity contribution is 6.30. The number of fused-ring (bicyclic) bond motifs is 1. The van der Waals surface area contributed by atoms with E-state index in [9.17, 15) is 9.59 Å². The topological polar surface area (TPSA) is 72.3 Å². The first-order chi connectivity index (χ1) is 16.5. The van der Waals surface area contributed by atoms with Gasteiger partial charge in [-0.1, -0.05) is 48.0 Å². The Kier molecular flexibility index (Phi) is 6.41. The van der Waals surface area contributed by atoms with Gasteiger partial charge in [0.05, 0.1) is 29.8 Å². The molecule has 5 rings (SSSR count). The molecule has 0 spiro atoms. The monoisotopic (exact) mass is 478 g/mol. The lowest BCUT2D eigenvalue weighted by Crippen LogP contribution is -2.39. The Labute approximate surface area is 202 Å². The summed E-state index contributed by atoms with van der Waals surface area (Å²) < 4.78 is 8.71. The first kappa shape index (κ1) is 22.7. The van der Waals surface area contributed by atoms with Crippen molar-refractivity contribution in [1.29, 1.82) is 0 Å². The molecule has 1 aliphatic rings. The van der Waals surface area contributed by atoms with Gasteiger partial charge >= 0.3 is 0 Å². The minimum Gasteiger partial charge on any atom is -0.379 e. The maximum Gasteiger partial charge on any atom is 0.280 e. The van der Waals surface area contributed by atoms with Gasteiger partial charge in [-0.3, -0.25) is 19.6 Å². The molecular weight excluding hydrogens is 452 g/mol. The second kappa shape index (κ2) is 9.62. The average molecular weight is 479 g/mol. The second-order valence-electron chi connectivity index (χ2n) is 8.60. The lowest BCUT2D eigenvalue weighted by Gasteiger charge is -2.35. The van der Waals surface area contributed by atoms with Gasteiger partial charge in [0, 0.05) is 42.5 Å². The zero-order chi connectivity index (χ0) is 23.7. The molecule has 2 aromatic carbocycles. The van der Waals surface area contributed by atoms with E-state index in [1.165, 1.54) is 16.3 Å². The van der Waals surface area contributed by atoms with Gasteiger partial charge in [0.25, 0.3) is 11.1 Å². The molecule has 1 unspecified atom stereocenters. The lowest BCUT2D eigenvalue weighted by atomic mass is 10.0. The average Bonchev–Trinajstić information content (AvgIpc) is 3.18. The van der Waals surface area contributed by atoms with Crippen LogP contribution in [0.3, 0.4) is 0 Å². The SMILES string of the molecule is Cc1c2c(=O)n(-c3cccc(Cl)c3)[nH]c2cc(=O)n1CCC(c1ccccc1)N1CCOCC1. The van der Waals surface area contributed by atoms with Gasteiger partial charge in [0.1, 0.15) is 0 Å². The van der Waals surface area contributed by atoms with Crippen LogP contribution in [0.1, 0.15) is 23.7 Å². The minimum atomic E-state index is -0.198. The highest BCUT2D eigenvalue weighted by Crippen LogP contribution is 2.26. The van der Waals surface area contributed by atoms with Gasteiger partial charge in [-0.05, 0) is 37.1 Å². The van der Waals surface area contributed by atoms with Crippen molar-refractivity contribution in [2.75, 3.05) is 26.3 Å². The van der Waals surface area contributed by atoms with E-state index < -0.39 is 0 Å². The van der Waals surface area contributed by atoms with Gasteiger partial charge in [-0.25, -0.2) is 4.68 Å². The molecule has 2 aromatic heterocycles. The van der Waals surface area contributed by atoms with Crippen molar-refractivity contribution >= 4 is 22.5 Å². The number of nitrogens with zero attached hydrogens (tertiary/aromatic N) is 3. The lowest BCUT2D eigenvalue weighted by molar-refractivity contribution is 0.0132. The molecule has 1 aliphatic heterocycles. The van der Waals surface area contributed by atoms with E-state index in [-0.39, 0.29) is 17.2 Å². The van der Waals surface area contributed by atoms with Gasteiger partial charge in [-0.15, -0.1) is 0 Å². The smallest absolute Gasteiger partial charge is 0.280 e. The number of ether oxygens (including phenoxy) is 1. The fourth-order valence-corrected chi connectivity index (χ4v) is 5.05. The minimum absolute atomic E-state index is 0.127. The molecule has 0 radical (unpaired) electrons. The predicted octanol–water partition coefficient (Wildman–Crippen LogP) is 3.91. The number of H-pyrrole nitrogens is 1. The normalized spacial score (nSPS) is 15.6. The Balaban J connectivity index is 1.50. The predicted molar refractivity (Wildman–Crippen MR) is 134 cm³/mol. The first-order valence-electron chi connectivity index (χ1n) is 11.5. The maximum atomic E-state index is 13.3. The number of pyridine rings is 1. The fourth-order valence-electron chi connectivity index (χ4n) is 4.86. The first-order valence-corrected chi connectivity index (χ1v) is 11.9. The van der Waals surface area contributed by atoms with Crippen LogP contribution in [-0.4, -0.2) is 45.6 Å². The Morgan fingerprint density at radius 3 is 2.53 bits per heavy atom. The van der Waals surface area contributed by atoms with E-state index in [1.807, 2.05) is 25.1 Å². The highest BCUT2D eigenvalue weighted by atomic mass is 35.5. The van der Waals surface area contributed by atoms with Crippen molar-refractivity contribution in [2.45, 2.75) is 25.9 Å². The molecule has 176 valence electrons. The Bertz CT molecular complexity index is 1420. The van der Waals surface area contributed by atoms with Crippen LogP contribution < -0.4 is 11.1 Å². The van der Waals surface area contributed by atoms with Crippen molar-refractivity contribution in [3.05, 3.63) is 97.7 Å². The summed E-state index contributed by atoms with van der Waals surface area (Å²) in [6.07, 6.45) is 0.753. The van der Waals surface area contributed by atoms with Crippen LogP contribution in [0.25, 0.3) is 16.6 Å². The fraction of sp³-hybridized carbons (Fsp3) is 0.308. The van der Waals surface area contributed by atoms with Crippen LogP contribution >= 0.6 is 11.6 Å². The van der Waals surface area contributed by atoms with Gasteiger partial charge < -0.3 is 9.30 Å². The third-order valence-corrected chi connectivity index (χ3v) is 6.82. The number of nitrogens with one attached hydrogen (secondary N) is 1. The summed E-state index contributed by atoms with van der Waals surface area (Å²) in [5.41, 5.74) is 2.72. The molecule has 34 heavy (non-hydrogen) atoms. The van der Waals surface area contributed by atoms with E-state index in [0.29, 0.717) is 47.1 Å². The van der Waals surface area contributed by atoms with Crippen molar-refractivity contribution in [3.8, 4) is 5.69 Å². The molecule has 0 amide bonds. The van der Waals surface area contributed by atoms with Gasteiger partial charge in [-0.2, -0.15) is 0 Å². The van der Waals surface area contributed by atoms with Crippen molar-refractivity contribution in [3.63, 3.8) is 0 Å². The van der Waals surface area contributed by atoms with Crippen LogP contribution in [0.4, 0.5) is 0 Å². The largest absolute Gasteiger partial charge is 0.379 e. The Morgan fingerprint density at radius 1 is 1.03 bits per heavy atom. The number of hydrogen-bond donors (Lipinski definition) is 1. The third kappa shape index (κ3) is 4.34. The van der Waals surface area contributed by atoms with Crippen LogP contribution in [0, 0.1) is 6.92 Å². The standard InChI is InChI=1S/C26H27ClN4O3/c1-18-25-22(28-31(26(25)33)21-9-5-8-20(27)16-21)17-24(32)30(18)11-10-23(19-6-3-2-4-7-19)29-12-14-34-15-13-29/h2-9,16-17,23,28H,10-15H2,1H3. The third-order valence-electron chi connectivity index (χ3n) is 6.58. The van der Waals surface area contributed by atoms with Gasteiger partial charge in [0.2, 0.25) is 0 Å². The molecule has 0 saturated carbocycles. The molecule has 1 N–H and O–H groups in total. The number of aromatic amines is 1. The molecule has 8 heteroatoms. The van der Waals surface area contributed by atoms with E-state index in [2.05, 4.69) is 22.1 Å². The molecule has 1 fully saturated rings. The zero-order valence-electron chi connectivity index (χ0n) is 19.0. The van der Waals surface area contributed by atoms with Crippen LogP contribution in [0.15, 0.2) is 70.3 Å². The highest BCUT2D eigenvalue weighted by Gasteiger charge is 2.23. The molecule has 1 atom stereocenters. The van der Waals surface area contributed by atoms with E-state index >= 15 is 0 Å². The number of aromatic nitrogens is 3. The summed E-state index contributed by atoms with van der Waals surface area (Å²) in [6, 6.07) is 19.1. The number of halogens is 1. The second-order valence-corrected chi connectivity index (χ2v) is 9.04. The summed E-state index contributed by atoms with van der Waals surface area (Å²) in [4.78, 5) is 28.8. The van der Waals surface area contributed by atoms with Crippen molar-refractivity contribution < 1.29 is 4.74 Å². The number of rotatable bonds is 6. The van der Waals surface area contributed by atoms with Crippen LogP contribution in [-0.2, 0) is 11.3 Å². The summed E-state index contributed by atoms with van der Waals surface area (Å²) in [6.45, 7) is 5.48. The Hall–Kier alpha value is -3.13. The van der Waals surface area contributed by atoms with E-state index in [0.717, 1.165) is 19.5 Å². The van der Waals surface area contributed by atoms with Gasteiger partial charge in [0.15, 0.2) is 0 Å². The van der Waals surface area contributed by atoms with Crippen LogP contribution in [0.2, 0.25) is 5.02 Å². The Morgan fingerprint density at radius 2 is 1.79 bits per heavy atom. The summed E-state index contributed by atoms with van der Waals surface area (Å²) in [7, 11) is 0. The van der Waals surface area contributed by atoms with E-state index in [4.69, 9.17) is 16.3 Å². The molecule has 1 saturated heterocycles. The summed E-state index contributed by atoms with van der Waals surface area (Å²) in [5.74, 6) is 0. The number of hydrogen-bond acceptors (Lipinski definition) is 4. The number of morpholine rings is 1. The number of benzene rings is 2.